The summed E-state index contributed by atoms with van der Waals surface area (Å²) in [5.74, 6) is -0.566. The summed E-state index contributed by atoms with van der Waals surface area (Å²) in [5, 5.41) is 11.8. The van der Waals surface area contributed by atoms with Gasteiger partial charge in [-0.15, -0.1) is 6.58 Å². The molecule has 0 bridgehead atoms. The minimum Gasteiger partial charge on any atom is -0.493 e. The maximum absolute atomic E-state index is 12.6. The van der Waals surface area contributed by atoms with Crippen LogP contribution in [0.25, 0.3) is 0 Å². The molecule has 25 heavy (non-hydrogen) atoms. The second kappa shape index (κ2) is 9.08. The lowest BCUT2D eigenvalue weighted by atomic mass is 9.83. The van der Waals surface area contributed by atoms with Gasteiger partial charge in [0.15, 0.2) is 17.5 Å². The lowest BCUT2D eigenvalue weighted by molar-refractivity contribution is -0.144. The SMILES string of the molecule is C=CCOCC(NC(=O)C(C)(C)c1ccc(OC)c(OC)c1)C(=O)O. The lowest BCUT2D eigenvalue weighted by Crippen LogP contribution is -2.50. The number of benzene rings is 1. The molecule has 2 N–H and O–H groups in total. The van der Waals surface area contributed by atoms with Crippen LogP contribution in [0.3, 0.4) is 0 Å². The van der Waals surface area contributed by atoms with Crippen LogP contribution in [0.15, 0.2) is 30.9 Å². The number of carbonyl (C=O) groups excluding carboxylic acids is 1. The number of carboxylic acids is 1. The Bertz CT molecular complexity index is 626. The van der Waals surface area contributed by atoms with E-state index >= 15 is 0 Å². The summed E-state index contributed by atoms with van der Waals surface area (Å²) in [6, 6.07) is 3.99. The van der Waals surface area contributed by atoms with Gasteiger partial charge in [-0.25, -0.2) is 4.79 Å². The molecule has 0 fully saturated rings. The van der Waals surface area contributed by atoms with Gasteiger partial charge in [-0.05, 0) is 31.5 Å². The van der Waals surface area contributed by atoms with E-state index in [9.17, 15) is 14.7 Å². The lowest BCUT2D eigenvalue weighted by Gasteiger charge is -2.27. The van der Waals surface area contributed by atoms with Gasteiger partial charge >= 0.3 is 5.97 Å². The first-order valence-electron chi connectivity index (χ1n) is 7.72. The molecule has 0 aliphatic carbocycles. The Hall–Kier alpha value is -2.54. The van der Waals surface area contributed by atoms with Crippen molar-refractivity contribution in [2.24, 2.45) is 0 Å². The van der Waals surface area contributed by atoms with Gasteiger partial charge in [-0.3, -0.25) is 4.79 Å². The Balaban J connectivity index is 2.97. The topological polar surface area (TPSA) is 94.1 Å². The summed E-state index contributed by atoms with van der Waals surface area (Å²) < 4.78 is 15.6. The molecule has 1 aromatic rings. The molecule has 1 aromatic carbocycles. The average Bonchev–Trinajstić information content (AvgIpc) is 2.59. The second-order valence-corrected chi connectivity index (χ2v) is 5.89. The molecule has 0 saturated heterocycles. The zero-order valence-corrected chi connectivity index (χ0v) is 15.0. The molecular weight excluding hydrogens is 326 g/mol. The van der Waals surface area contributed by atoms with E-state index in [-0.39, 0.29) is 13.2 Å². The maximum Gasteiger partial charge on any atom is 0.328 e. The first-order chi connectivity index (χ1) is 11.8. The van der Waals surface area contributed by atoms with Crippen LogP contribution >= 0.6 is 0 Å². The predicted octanol–water partition coefficient (Wildman–Crippen LogP) is 1.75. The number of nitrogens with one attached hydrogen (secondary N) is 1. The maximum atomic E-state index is 12.6. The number of carbonyl (C=O) groups is 2. The first kappa shape index (κ1) is 20.5. The van der Waals surface area contributed by atoms with Crippen molar-refractivity contribution in [2.75, 3.05) is 27.4 Å². The largest absolute Gasteiger partial charge is 0.493 e. The molecule has 0 saturated carbocycles. The number of carboxylic acid groups (broad SMARTS) is 1. The highest BCUT2D eigenvalue weighted by Crippen LogP contribution is 2.33. The van der Waals surface area contributed by atoms with E-state index < -0.39 is 23.3 Å². The van der Waals surface area contributed by atoms with Crippen LogP contribution in [0.1, 0.15) is 19.4 Å². The Morgan fingerprint density at radius 2 is 1.92 bits per heavy atom. The summed E-state index contributed by atoms with van der Waals surface area (Å²) in [4.78, 5) is 24.0. The van der Waals surface area contributed by atoms with Gasteiger partial charge in [0.2, 0.25) is 5.91 Å². The molecule has 0 aliphatic rings. The van der Waals surface area contributed by atoms with Crippen LogP contribution in [0.5, 0.6) is 11.5 Å². The van der Waals surface area contributed by atoms with Gasteiger partial charge < -0.3 is 24.6 Å². The smallest absolute Gasteiger partial charge is 0.328 e. The first-order valence-corrected chi connectivity index (χ1v) is 7.72. The van der Waals surface area contributed by atoms with Crippen LogP contribution in [0.2, 0.25) is 0 Å². The van der Waals surface area contributed by atoms with Gasteiger partial charge in [-0.1, -0.05) is 12.1 Å². The third kappa shape index (κ3) is 5.22. The molecular formula is C18H25NO6. The van der Waals surface area contributed by atoms with Crippen LogP contribution in [0.4, 0.5) is 0 Å². The predicted molar refractivity (Wildman–Crippen MR) is 93.2 cm³/mol. The molecule has 1 amide bonds. The van der Waals surface area contributed by atoms with E-state index in [4.69, 9.17) is 14.2 Å². The Labute approximate surface area is 147 Å². The highest BCUT2D eigenvalue weighted by atomic mass is 16.5. The molecule has 1 rings (SSSR count). The third-order valence-electron chi connectivity index (χ3n) is 3.80. The number of methoxy groups -OCH3 is 2. The molecule has 0 spiro atoms. The fourth-order valence-corrected chi connectivity index (χ4v) is 2.14. The number of hydrogen-bond acceptors (Lipinski definition) is 5. The van der Waals surface area contributed by atoms with Crippen molar-refractivity contribution in [3.63, 3.8) is 0 Å². The molecule has 0 aliphatic heterocycles. The Kier molecular flexibility index (Phi) is 7.44. The molecule has 1 atom stereocenters. The minimum absolute atomic E-state index is 0.144. The third-order valence-corrected chi connectivity index (χ3v) is 3.80. The van der Waals surface area contributed by atoms with E-state index in [0.717, 1.165) is 0 Å². The van der Waals surface area contributed by atoms with Gasteiger partial charge in [0, 0.05) is 0 Å². The van der Waals surface area contributed by atoms with Crippen LogP contribution in [-0.4, -0.2) is 50.5 Å². The molecule has 1 unspecified atom stereocenters. The van der Waals surface area contributed by atoms with Crippen molar-refractivity contribution >= 4 is 11.9 Å². The zero-order valence-electron chi connectivity index (χ0n) is 15.0. The van der Waals surface area contributed by atoms with Gasteiger partial charge in [0.1, 0.15) is 0 Å². The highest BCUT2D eigenvalue weighted by Gasteiger charge is 2.33. The quantitative estimate of drug-likeness (QED) is 0.493. The highest BCUT2D eigenvalue weighted by molar-refractivity contribution is 5.91. The molecule has 0 radical (unpaired) electrons. The average molecular weight is 351 g/mol. The Morgan fingerprint density at radius 1 is 1.28 bits per heavy atom. The van der Waals surface area contributed by atoms with Crippen LogP contribution in [0, 0.1) is 0 Å². The normalized spacial score (nSPS) is 12.2. The number of aliphatic carboxylic acids is 1. The standard InChI is InChI=1S/C18H25NO6/c1-6-9-25-11-13(16(20)21)19-17(22)18(2,3)12-7-8-14(23-4)15(10-12)24-5/h6-8,10,13H,1,9,11H2,2-5H3,(H,19,22)(H,20,21). The number of hydrogen-bond donors (Lipinski definition) is 2. The molecule has 7 nitrogen and oxygen atoms in total. The van der Waals surface area contributed by atoms with Gasteiger partial charge in [0.05, 0.1) is 32.8 Å². The molecule has 138 valence electrons. The summed E-state index contributed by atoms with van der Waals surface area (Å²) >= 11 is 0. The van der Waals surface area contributed by atoms with Crippen molar-refractivity contribution in [2.45, 2.75) is 25.3 Å². The van der Waals surface area contributed by atoms with Crippen LogP contribution < -0.4 is 14.8 Å². The van der Waals surface area contributed by atoms with Crippen molar-refractivity contribution in [1.29, 1.82) is 0 Å². The monoisotopic (exact) mass is 351 g/mol. The van der Waals surface area contributed by atoms with Crippen molar-refractivity contribution in [1.82, 2.24) is 5.32 Å². The van der Waals surface area contributed by atoms with Crippen molar-refractivity contribution in [3.8, 4) is 11.5 Å². The van der Waals surface area contributed by atoms with E-state index in [1.54, 1.807) is 32.0 Å². The summed E-state index contributed by atoms with van der Waals surface area (Å²) in [5.41, 5.74) is -0.315. The number of ether oxygens (including phenoxy) is 3. The molecule has 0 heterocycles. The molecule has 0 aromatic heterocycles. The Morgan fingerprint density at radius 3 is 2.44 bits per heavy atom. The fraction of sp³-hybridized carbons (Fsp3) is 0.444. The summed E-state index contributed by atoms with van der Waals surface area (Å²) in [6.07, 6.45) is 1.51. The van der Waals surface area contributed by atoms with E-state index in [0.29, 0.717) is 17.1 Å². The fourth-order valence-electron chi connectivity index (χ4n) is 2.14. The minimum atomic E-state index is -1.17. The van der Waals surface area contributed by atoms with Crippen molar-refractivity contribution < 1.29 is 28.9 Å². The summed E-state index contributed by atoms with van der Waals surface area (Å²) in [7, 11) is 3.03. The second-order valence-electron chi connectivity index (χ2n) is 5.89. The van der Waals surface area contributed by atoms with E-state index in [2.05, 4.69) is 11.9 Å². The van der Waals surface area contributed by atoms with E-state index in [1.165, 1.54) is 20.3 Å². The molecule has 7 heteroatoms. The van der Waals surface area contributed by atoms with Crippen LogP contribution in [-0.2, 0) is 19.7 Å². The van der Waals surface area contributed by atoms with Gasteiger partial charge in [0.25, 0.3) is 0 Å². The van der Waals surface area contributed by atoms with Crippen molar-refractivity contribution in [3.05, 3.63) is 36.4 Å². The summed E-state index contributed by atoms with van der Waals surface area (Å²) in [6.45, 7) is 6.96. The number of rotatable bonds is 10. The zero-order chi connectivity index (χ0) is 19.0. The van der Waals surface area contributed by atoms with E-state index in [1.807, 2.05) is 0 Å². The number of amides is 1. The van der Waals surface area contributed by atoms with Gasteiger partial charge in [-0.2, -0.15) is 0 Å².